The second kappa shape index (κ2) is 9.34. The van der Waals surface area contributed by atoms with E-state index in [-0.39, 0.29) is 36.8 Å². The highest BCUT2D eigenvalue weighted by molar-refractivity contribution is 6.05. The van der Waals surface area contributed by atoms with E-state index in [0.29, 0.717) is 4.90 Å². The highest BCUT2D eigenvalue weighted by Crippen LogP contribution is 2.37. The van der Waals surface area contributed by atoms with Gasteiger partial charge in [0.1, 0.15) is 12.6 Å². The van der Waals surface area contributed by atoms with Crippen LogP contribution in [0.1, 0.15) is 6.42 Å². The number of benzene rings is 2. The number of fused-ring (bicyclic) bond motifs is 1. The number of hydrogen-bond donors (Lipinski definition) is 1. The van der Waals surface area contributed by atoms with Crippen molar-refractivity contribution in [2.45, 2.75) is 18.6 Å². The first-order chi connectivity index (χ1) is 14.7. The predicted octanol–water partition coefficient (Wildman–Crippen LogP) is 3.44. The molecule has 2 aromatic rings. The van der Waals surface area contributed by atoms with Crippen LogP contribution >= 0.6 is 0 Å². The van der Waals surface area contributed by atoms with Crippen molar-refractivity contribution in [3.8, 4) is 5.75 Å². The molecule has 1 aliphatic rings. The fourth-order valence-corrected chi connectivity index (χ4v) is 3.26. The average molecular weight is 439 g/mol. The number of carbonyl (C=O) groups is 2. The van der Waals surface area contributed by atoms with Gasteiger partial charge in [-0.15, -0.1) is 0 Å². The maximum absolute atomic E-state index is 13.7. The zero-order chi connectivity index (χ0) is 22.6. The monoisotopic (exact) mass is 439 g/mol. The molecule has 0 spiro atoms. The van der Waals surface area contributed by atoms with Crippen molar-refractivity contribution in [1.29, 1.82) is 0 Å². The van der Waals surface area contributed by atoms with Crippen LogP contribution in [0.25, 0.3) is 0 Å². The van der Waals surface area contributed by atoms with Crippen LogP contribution in [0.2, 0.25) is 0 Å². The van der Waals surface area contributed by atoms with Crippen molar-refractivity contribution >= 4 is 23.2 Å². The molecule has 1 aliphatic heterocycles. The first-order valence-corrected chi connectivity index (χ1v) is 9.50. The van der Waals surface area contributed by atoms with Crippen LogP contribution in [-0.4, -0.2) is 55.7 Å². The molecule has 1 heterocycles. The van der Waals surface area contributed by atoms with Gasteiger partial charge in [-0.25, -0.2) is 4.39 Å². The van der Waals surface area contributed by atoms with Crippen LogP contribution in [0.4, 0.5) is 28.9 Å². The Balaban J connectivity index is 1.72. The first kappa shape index (κ1) is 22.5. The van der Waals surface area contributed by atoms with E-state index >= 15 is 0 Å². The predicted molar refractivity (Wildman–Crippen MR) is 106 cm³/mol. The van der Waals surface area contributed by atoms with Crippen LogP contribution in [0, 0.1) is 5.82 Å². The lowest BCUT2D eigenvalue weighted by molar-refractivity contribution is -0.158. The third-order valence-electron chi connectivity index (χ3n) is 4.75. The molecule has 0 aliphatic carbocycles. The molecule has 166 valence electrons. The van der Waals surface area contributed by atoms with Crippen LogP contribution < -0.4 is 15.0 Å². The summed E-state index contributed by atoms with van der Waals surface area (Å²) in [7, 11) is 1.54. The summed E-state index contributed by atoms with van der Waals surface area (Å²) in [6, 6.07) is 9.39. The molecular weight excluding hydrogens is 418 g/mol. The largest absolute Gasteiger partial charge is 0.489 e. The fourth-order valence-electron chi connectivity index (χ4n) is 3.26. The minimum absolute atomic E-state index is 0.0170. The van der Waals surface area contributed by atoms with Crippen molar-refractivity contribution in [3.63, 3.8) is 0 Å². The van der Waals surface area contributed by atoms with Gasteiger partial charge in [-0.3, -0.25) is 19.4 Å². The second-order valence-electron chi connectivity index (χ2n) is 7.11. The number of alkyl halides is 3. The summed E-state index contributed by atoms with van der Waals surface area (Å²) in [6.07, 6.45) is -5.69. The minimum Gasteiger partial charge on any atom is -0.489 e. The normalized spacial score (nSPS) is 16.5. The molecule has 0 aromatic heterocycles. The topological polar surface area (TPSA) is 61.9 Å². The summed E-state index contributed by atoms with van der Waals surface area (Å²) >= 11 is 0. The molecule has 10 heteroatoms. The maximum atomic E-state index is 13.7. The molecule has 2 aromatic carbocycles. The average Bonchev–Trinajstić information content (AvgIpc) is 2.85. The smallest absolute Gasteiger partial charge is 0.409 e. The lowest BCUT2D eigenvalue weighted by atomic mass is 10.1. The van der Waals surface area contributed by atoms with Gasteiger partial charge in [-0.1, -0.05) is 24.3 Å². The van der Waals surface area contributed by atoms with Crippen molar-refractivity contribution in [3.05, 3.63) is 54.3 Å². The summed E-state index contributed by atoms with van der Waals surface area (Å²) in [6.45, 7) is -0.150. The van der Waals surface area contributed by atoms with Crippen LogP contribution in [0.3, 0.4) is 0 Å². The summed E-state index contributed by atoms with van der Waals surface area (Å²) in [5.41, 5.74) is 0.120. The van der Waals surface area contributed by atoms with E-state index in [4.69, 9.17) is 4.74 Å². The number of nitrogens with zero attached hydrogens (tertiary/aromatic N) is 2. The number of hydrogen-bond acceptors (Lipinski definition) is 4. The van der Waals surface area contributed by atoms with E-state index < -0.39 is 36.3 Å². The van der Waals surface area contributed by atoms with Crippen molar-refractivity contribution < 1.29 is 31.9 Å². The highest BCUT2D eigenvalue weighted by Gasteiger charge is 2.49. The van der Waals surface area contributed by atoms with Gasteiger partial charge in [-0.05, 0) is 31.3 Å². The lowest BCUT2D eigenvalue weighted by Gasteiger charge is -2.32. The molecular formula is C21H21F4N3O3. The molecule has 2 amide bonds. The summed E-state index contributed by atoms with van der Waals surface area (Å²) in [4.78, 5) is 27.0. The van der Waals surface area contributed by atoms with E-state index in [1.54, 1.807) is 19.2 Å². The molecule has 31 heavy (non-hydrogen) atoms. The number of amides is 2. The molecule has 1 unspecified atom stereocenters. The SMILES string of the molecule is CN(CCOc1ccccc1F)CC(=O)N1c2ccccc2NC(=O)CC1C(F)(F)F. The Morgan fingerprint density at radius 2 is 1.87 bits per heavy atom. The van der Waals surface area contributed by atoms with Gasteiger partial charge < -0.3 is 10.1 Å². The Morgan fingerprint density at radius 1 is 1.19 bits per heavy atom. The molecule has 0 fully saturated rings. The Bertz CT molecular complexity index is 951. The summed E-state index contributed by atoms with van der Waals surface area (Å²) < 4.78 is 60.1. The molecule has 0 radical (unpaired) electrons. The van der Waals surface area contributed by atoms with Gasteiger partial charge in [-0.2, -0.15) is 13.2 Å². The van der Waals surface area contributed by atoms with Crippen molar-refractivity contribution in [2.24, 2.45) is 0 Å². The van der Waals surface area contributed by atoms with Crippen LogP contribution in [0.5, 0.6) is 5.75 Å². The van der Waals surface area contributed by atoms with E-state index in [9.17, 15) is 27.2 Å². The van der Waals surface area contributed by atoms with Gasteiger partial charge in [0.05, 0.1) is 24.3 Å². The molecule has 3 rings (SSSR count). The molecule has 0 bridgehead atoms. The Labute approximate surface area is 176 Å². The number of ether oxygens (including phenoxy) is 1. The molecule has 6 nitrogen and oxygen atoms in total. The van der Waals surface area contributed by atoms with Crippen LogP contribution in [-0.2, 0) is 9.59 Å². The molecule has 0 saturated carbocycles. The Hall–Kier alpha value is -3.14. The number of rotatable bonds is 6. The fraction of sp³-hybridized carbons (Fsp3) is 0.333. The first-order valence-electron chi connectivity index (χ1n) is 9.50. The molecule has 1 atom stereocenters. The van der Waals surface area contributed by atoms with Gasteiger partial charge in [0.2, 0.25) is 11.8 Å². The van der Waals surface area contributed by atoms with E-state index in [1.807, 2.05) is 0 Å². The van der Waals surface area contributed by atoms with E-state index in [0.717, 1.165) is 0 Å². The van der Waals surface area contributed by atoms with Crippen LogP contribution in [0.15, 0.2) is 48.5 Å². The van der Waals surface area contributed by atoms with E-state index in [2.05, 4.69) is 5.32 Å². The van der Waals surface area contributed by atoms with Crippen molar-refractivity contribution in [1.82, 2.24) is 4.90 Å². The zero-order valence-corrected chi connectivity index (χ0v) is 16.7. The number of anilines is 2. The van der Waals surface area contributed by atoms with Gasteiger partial charge >= 0.3 is 6.18 Å². The number of likely N-dealkylation sites (N-methyl/N-ethyl adjacent to an activating group) is 1. The van der Waals surface area contributed by atoms with Gasteiger partial charge in [0, 0.05) is 6.54 Å². The minimum atomic E-state index is -4.79. The zero-order valence-electron chi connectivity index (χ0n) is 16.7. The Morgan fingerprint density at radius 3 is 2.58 bits per heavy atom. The van der Waals surface area contributed by atoms with Crippen molar-refractivity contribution in [2.75, 3.05) is 37.0 Å². The van der Waals surface area contributed by atoms with Gasteiger partial charge in [0.15, 0.2) is 11.6 Å². The highest BCUT2D eigenvalue weighted by atomic mass is 19.4. The second-order valence-corrected chi connectivity index (χ2v) is 7.11. The summed E-state index contributed by atoms with van der Waals surface area (Å²) in [5, 5.41) is 2.42. The van der Waals surface area contributed by atoms with E-state index in [1.165, 1.54) is 41.3 Å². The standard InChI is InChI=1S/C21H21F4N3O3/c1-27(10-11-31-17-9-5-2-6-14(17)22)13-20(30)28-16-8-4-3-7-15(16)26-19(29)12-18(28)21(23,24)25/h2-9,18H,10-13H2,1H3,(H,26,29). The third-order valence-corrected chi connectivity index (χ3v) is 4.75. The summed E-state index contributed by atoms with van der Waals surface area (Å²) in [5.74, 6) is -2.13. The number of nitrogens with one attached hydrogen (secondary N) is 1. The number of carbonyl (C=O) groups excluding carboxylic acids is 2. The lowest BCUT2D eigenvalue weighted by Crippen LogP contribution is -2.52. The third kappa shape index (κ3) is 5.52. The Kier molecular flexibility index (Phi) is 6.79. The quantitative estimate of drug-likeness (QED) is 0.701. The number of para-hydroxylation sites is 3. The number of halogens is 4. The molecule has 0 saturated heterocycles. The van der Waals surface area contributed by atoms with Gasteiger partial charge in [0.25, 0.3) is 0 Å². The maximum Gasteiger partial charge on any atom is 0.409 e. The molecule has 1 N–H and O–H groups in total.